The summed E-state index contributed by atoms with van der Waals surface area (Å²) in [5.41, 5.74) is 0.801. The lowest BCUT2D eigenvalue weighted by Crippen LogP contribution is -2.56. The first-order valence-corrected chi connectivity index (χ1v) is 9.16. The Bertz CT molecular complexity index is 864. The van der Waals surface area contributed by atoms with Crippen molar-refractivity contribution in [2.75, 3.05) is 18.4 Å². The Morgan fingerprint density at radius 3 is 2.71 bits per heavy atom. The number of halogens is 1. The third-order valence-electron chi connectivity index (χ3n) is 4.21. The highest BCUT2D eigenvalue weighted by atomic mass is 19.1. The average molecular weight is 386 g/mol. The zero-order valence-electron chi connectivity index (χ0n) is 16.1. The Morgan fingerprint density at radius 1 is 1.32 bits per heavy atom. The van der Waals surface area contributed by atoms with Crippen molar-refractivity contribution in [2.45, 2.75) is 33.3 Å². The van der Waals surface area contributed by atoms with Gasteiger partial charge in [-0.2, -0.15) is 0 Å². The summed E-state index contributed by atoms with van der Waals surface area (Å²) in [6, 6.07) is 5.87. The third-order valence-corrected chi connectivity index (χ3v) is 4.21. The molecule has 0 saturated carbocycles. The maximum Gasteiger partial charge on any atom is 0.275 e. The number of anilines is 1. The van der Waals surface area contributed by atoms with Crippen molar-refractivity contribution >= 4 is 17.6 Å². The van der Waals surface area contributed by atoms with Crippen LogP contribution in [-0.2, 0) is 4.79 Å². The molecule has 28 heavy (non-hydrogen) atoms. The van der Waals surface area contributed by atoms with Gasteiger partial charge in [0.25, 0.3) is 5.91 Å². The van der Waals surface area contributed by atoms with Gasteiger partial charge in [0.15, 0.2) is 0 Å². The van der Waals surface area contributed by atoms with E-state index >= 15 is 0 Å². The highest BCUT2D eigenvalue weighted by molar-refractivity contribution is 6.02. The van der Waals surface area contributed by atoms with Crippen LogP contribution in [0, 0.1) is 18.7 Å². The lowest BCUT2D eigenvalue weighted by Gasteiger charge is -2.39. The van der Waals surface area contributed by atoms with Gasteiger partial charge in [0.2, 0.25) is 5.91 Å². The minimum Gasteiger partial charge on any atom is -0.487 e. The Hall–Kier alpha value is -3.03. The molecule has 0 radical (unpaired) electrons. The quantitative estimate of drug-likeness (QED) is 0.825. The van der Waals surface area contributed by atoms with E-state index in [9.17, 15) is 14.0 Å². The van der Waals surface area contributed by atoms with Crippen molar-refractivity contribution < 1.29 is 18.7 Å². The molecule has 148 valence electrons. The molecule has 0 bridgehead atoms. The summed E-state index contributed by atoms with van der Waals surface area (Å²) in [5.74, 6) is 0.263. The Kier molecular flexibility index (Phi) is 5.87. The summed E-state index contributed by atoms with van der Waals surface area (Å²) < 4.78 is 18.8. The Labute approximate surface area is 162 Å². The molecule has 1 N–H and O–H groups in total. The van der Waals surface area contributed by atoms with Gasteiger partial charge in [0, 0.05) is 24.2 Å². The van der Waals surface area contributed by atoms with Crippen LogP contribution < -0.4 is 10.1 Å². The van der Waals surface area contributed by atoms with Crippen molar-refractivity contribution in [2.24, 2.45) is 5.92 Å². The van der Waals surface area contributed by atoms with E-state index in [1.54, 1.807) is 24.0 Å². The lowest BCUT2D eigenvalue weighted by atomic mass is 10.1. The SMILES string of the molecule is Cc1cc(OC2CN(C(=O)CC(C)C)C2)cc(C(=O)Nc2ccc(F)cn2)n1. The first-order valence-electron chi connectivity index (χ1n) is 9.16. The number of carbonyl (C=O) groups excluding carboxylic acids is 2. The minimum absolute atomic E-state index is 0.104. The smallest absolute Gasteiger partial charge is 0.275 e. The average Bonchev–Trinajstić information content (AvgIpc) is 2.58. The molecule has 0 aliphatic carbocycles. The van der Waals surface area contributed by atoms with Crippen molar-refractivity contribution in [3.8, 4) is 5.75 Å². The number of likely N-dealkylation sites (tertiary alicyclic amines) is 1. The number of aryl methyl sites for hydroxylation is 1. The van der Waals surface area contributed by atoms with Gasteiger partial charge in [-0.25, -0.2) is 14.4 Å². The first kappa shape index (κ1) is 19.7. The van der Waals surface area contributed by atoms with Crippen LogP contribution in [0.4, 0.5) is 10.2 Å². The Morgan fingerprint density at radius 2 is 2.07 bits per heavy atom. The number of amides is 2. The van der Waals surface area contributed by atoms with E-state index in [1.165, 1.54) is 12.1 Å². The third kappa shape index (κ3) is 5.03. The molecule has 7 nitrogen and oxygen atoms in total. The monoisotopic (exact) mass is 386 g/mol. The fraction of sp³-hybridized carbons (Fsp3) is 0.400. The number of pyridine rings is 2. The van der Waals surface area contributed by atoms with Crippen LogP contribution in [0.2, 0.25) is 0 Å². The maximum atomic E-state index is 12.9. The second-order valence-electron chi connectivity index (χ2n) is 7.28. The van der Waals surface area contributed by atoms with Crippen molar-refractivity contribution in [3.05, 3.63) is 47.7 Å². The molecule has 1 fully saturated rings. The molecule has 0 spiro atoms. The summed E-state index contributed by atoms with van der Waals surface area (Å²) in [6.07, 6.45) is 1.45. The number of ether oxygens (including phenoxy) is 1. The van der Waals surface area contributed by atoms with E-state index in [-0.39, 0.29) is 23.5 Å². The van der Waals surface area contributed by atoms with Crippen LogP contribution >= 0.6 is 0 Å². The van der Waals surface area contributed by atoms with Gasteiger partial charge in [-0.05, 0) is 25.0 Å². The molecule has 3 rings (SSSR count). The van der Waals surface area contributed by atoms with Gasteiger partial charge >= 0.3 is 0 Å². The van der Waals surface area contributed by atoms with Gasteiger partial charge in [-0.1, -0.05) is 13.8 Å². The lowest BCUT2D eigenvalue weighted by molar-refractivity contribution is -0.140. The number of carbonyl (C=O) groups is 2. The predicted molar refractivity (Wildman–Crippen MR) is 102 cm³/mol. The molecular weight excluding hydrogens is 363 g/mol. The summed E-state index contributed by atoms with van der Waals surface area (Å²) in [5, 5.41) is 2.57. The summed E-state index contributed by atoms with van der Waals surface area (Å²) in [4.78, 5) is 34.2. The molecule has 2 aromatic rings. The molecule has 8 heteroatoms. The molecular formula is C20H23FN4O3. The molecule has 1 saturated heterocycles. The van der Waals surface area contributed by atoms with Crippen LogP contribution in [0.5, 0.6) is 5.75 Å². The van der Waals surface area contributed by atoms with Crippen LogP contribution in [0.15, 0.2) is 30.5 Å². The van der Waals surface area contributed by atoms with E-state index in [0.29, 0.717) is 36.9 Å². The number of hydrogen-bond donors (Lipinski definition) is 1. The van der Waals surface area contributed by atoms with Crippen molar-refractivity contribution in [1.29, 1.82) is 0 Å². The van der Waals surface area contributed by atoms with Crippen molar-refractivity contribution in [1.82, 2.24) is 14.9 Å². The number of nitrogens with one attached hydrogen (secondary N) is 1. The standard InChI is InChI=1S/C20H23FN4O3/c1-12(2)6-19(26)25-10-16(11-25)28-15-7-13(3)23-17(8-15)20(27)24-18-5-4-14(21)9-22-18/h4-5,7-9,12,16H,6,10-11H2,1-3H3,(H,22,24,27). The molecule has 1 aliphatic heterocycles. The van der Waals surface area contributed by atoms with Crippen LogP contribution in [0.25, 0.3) is 0 Å². The highest BCUT2D eigenvalue weighted by Gasteiger charge is 2.32. The highest BCUT2D eigenvalue weighted by Crippen LogP contribution is 2.21. The summed E-state index contributed by atoms with van der Waals surface area (Å²) in [6.45, 7) is 6.86. The fourth-order valence-electron chi connectivity index (χ4n) is 2.84. The van der Waals surface area contributed by atoms with E-state index in [1.807, 2.05) is 13.8 Å². The van der Waals surface area contributed by atoms with Gasteiger partial charge < -0.3 is 15.0 Å². The first-order chi connectivity index (χ1) is 13.3. The van der Waals surface area contributed by atoms with Crippen LogP contribution in [-0.4, -0.2) is 45.9 Å². The molecule has 2 amide bonds. The molecule has 3 heterocycles. The molecule has 0 unspecified atom stereocenters. The second-order valence-corrected chi connectivity index (χ2v) is 7.28. The number of hydrogen-bond acceptors (Lipinski definition) is 5. The second kappa shape index (κ2) is 8.33. The fourth-order valence-corrected chi connectivity index (χ4v) is 2.84. The summed E-state index contributed by atoms with van der Waals surface area (Å²) in [7, 11) is 0. The van der Waals surface area contributed by atoms with Crippen LogP contribution in [0.1, 0.15) is 36.5 Å². The van der Waals surface area contributed by atoms with E-state index in [2.05, 4.69) is 15.3 Å². The normalized spacial score (nSPS) is 14.0. The number of aromatic nitrogens is 2. The zero-order chi connectivity index (χ0) is 20.3. The predicted octanol–water partition coefficient (Wildman–Crippen LogP) is 2.81. The topological polar surface area (TPSA) is 84.4 Å². The maximum absolute atomic E-state index is 12.9. The number of nitrogens with zero attached hydrogens (tertiary/aromatic N) is 3. The molecule has 2 aromatic heterocycles. The van der Waals surface area contributed by atoms with Gasteiger partial charge in [0.05, 0.1) is 19.3 Å². The summed E-state index contributed by atoms with van der Waals surface area (Å²) >= 11 is 0. The van der Waals surface area contributed by atoms with E-state index < -0.39 is 11.7 Å². The molecule has 0 aromatic carbocycles. The van der Waals surface area contributed by atoms with E-state index in [4.69, 9.17) is 4.74 Å². The van der Waals surface area contributed by atoms with Gasteiger partial charge in [-0.15, -0.1) is 0 Å². The minimum atomic E-state index is -0.483. The zero-order valence-corrected chi connectivity index (χ0v) is 16.1. The number of rotatable bonds is 6. The van der Waals surface area contributed by atoms with E-state index in [0.717, 1.165) is 6.20 Å². The van der Waals surface area contributed by atoms with Gasteiger partial charge in [-0.3, -0.25) is 9.59 Å². The largest absolute Gasteiger partial charge is 0.487 e. The van der Waals surface area contributed by atoms with Crippen LogP contribution in [0.3, 0.4) is 0 Å². The molecule has 0 atom stereocenters. The Balaban J connectivity index is 1.60. The molecule has 1 aliphatic rings. The van der Waals surface area contributed by atoms with Gasteiger partial charge in [0.1, 0.15) is 29.2 Å². The van der Waals surface area contributed by atoms with Crippen molar-refractivity contribution in [3.63, 3.8) is 0 Å².